The van der Waals surface area contributed by atoms with E-state index < -0.39 is 17.7 Å². The van der Waals surface area contributed by atoms with Crippen molar-refractivity contribution in [2.75, 3.05) is 33.9 Å². The van der Waals surface area contributed by atoms with Gasteiger partial charge in [0.1, 0.15) is 0 Å². The number of carboxylic acid groups (broad SMARTS) is 1. The van der Waals surface area contributed by atoms with Crippen molar-refractivity contribution in [3.63, 3.8) is 0 Å². The molecule has 1 aliphatic rings. The molecule has 104 valence electrons. The van der Waals surface area contributed by atoms with Gasteiger partial charge in [0.15, 0.2) is 5.79 Å². The number of likely N-dealkylation sites (tertiary alicyclic amines) is 1. The Labute approximate surface area is 112 Å². The lowest BCUT2D eigenvalue weighted by Gasteiger charge is -2.48. The van der Waals surface area contributed by atoms with Crippen LogP contribution in [-0.4, -0.2) is 55.6 Å². The molecule has 1 fully saturated rings. The molecule has 0 spiro atoms. The maximum Gasteiger partial charge on any atom is 0.312 e. The Morgan fingerprint density at radius 1 is 1.32 bits per heavy atom. The lowest BCUT2D eigenvalue weighted by molar-refractivity contribution is -0.275. The summed E-state index contributed by atoms with van der Waals surface area (Å²) in [6, 6.07) is 9.29. The summed E-state index contributed by atoms with van der Waals surface area (Å²) in [5.41, 5.74) is 0.822. The van der Waals surface area contributed by atoms with Gasteiger partial charge < -0.3 is 14.6 Å². The van der Waals surface area contributed by atoms with Crippen LogP contribution in [0, 0.1) is 0 Å². The molecule has 1 aromatic rings. The largest absolute Gasteiger partial charge is 0.481 e. The predicted molar refractivity (Wildman–Crippen MR) is 70.0 cm³/mol. The van der Waals surface area contributed by atoms with E-state index in [-0.39, 0.29) is 0 Å². The van der Waals surface area contributed by atoms with Gasteiger partial charge in [0, 0.05) is 20.8 Å². The summed E-state index contributed by atoms with van der Waals surface area (Å²) in [7, 11) is 3.21. The Balaban J connectivity index is 1.99. The summed E-state index contributed by atoms with van der Waals surface area (Å²) in [5, 5.41) is 9.35. The molecule has 1 saturated heterocycles. The average molecular weight is 265 g/mol. The Kier molecular flexibility index (Phi) is 4.19. The highest BCUT2D eigenvalue weighted by Crippen LogP contribution is 2.28. The van der Waals surface area contributed by atoms with Gasteiger partial charge >= 0.3 is 5.97 Å². The maximum atomic E-state index is 11.4. The number of carbonyl (C=O) groups is 1. The molecular weight excluding hydrogens is 246 g/mol. The van der Waals surface area contributed by atoms with Gasteiger partial charge in [-0.25, -0.2) is 0 Å². The van der Waals surface area contributed by atoms with Gasteiger partial charge in [-0.15, -0.1) is 0 Å². The van der Waals surface area contributed by atoms with E-state index in [1.807, 2.05) is 35.2 Å². The molecule has 1 aromatic carbocycles. The Morgan fingerprint density at radius 2 is 1.89 bits per heavy atom. The first-order chi connectivity index (χ1) is 9.10. The predicted octanol–water partition coefficient (Wildman–Crippen LogP) is 1.16. The van der Waals surface area contributed by atoms with Crippen molar-refractivity contribution in [2.24, 2.45) is 0 Å². The molecule has 1 N–H and O–H groups in total. The first kappa shape index (κ1) is 14.0. The molecule has 0 bridgehead atoms. The van der Waals surface area contributed by atoms with Crippen molar-refractivity contribution < 1.29 is 19.4 Å². The summed E-state index contributed by atoms with van der Waals surface area (Å²) in [6.45, 7) is 1.65. The minimum Gasteiger partial charge on any atom is -0.481 e. The fourth-order valence-corrected chi connectivity index (χ4v) is 2.38. The summed E-state index contributed by atoms with van der Waals surface area (Å²) < 4.78 is 10.6. The zero-order valence-corrected chi connectivity index (χ0v) is 11.2. The fourth-order valence-electron chi connectivity index (χ4n) is 2.38. The fraction of sp³-hybridized carbons (Fsp3) is 0.500. The van der Waals surface area contributed by atoms with Gasteiger partial charge in [-0.05, 0) is 5.56 Å². The zero-order valence-electron chi connectivity index (χ0n) is 11.2. The second-order valence-corrected chi connectivity index (χ2v) is 4.79. The number of nitrogens with zero attached hydrogens (tertiary/aromatic N) is 1. The van der Waals surface area contributed by atoms with Crippen molar-refractivity contribution in [1.29, 1.82) is 0 Å². The number of ether oxygens (including phenoxy) is 2. The number of rotatable bonds is 6. The highest BCUT2D eigenvalue weighted by molar-refractivity contribution is 5.76. The Morgan fingerprint density at radius 3 is 2.37 bits per heavy atom. The quantitative estimate of drug-likeness (QED) is 0.782. The second-order valence-electron chi connectivity index (χ2n) is 4.79. The monoisotopic (exact) mass is 265 g/mol. The van der Waals surface area contributed by atoms with E-state index in [4.69, 9.17) is 9.47 Å². The van der Waals surface area contributed by atoms with Gasteiger partial charge in [-0.2, -0.15) is 0 Å². The average Bonchev–Trinajstić information content (AvgIpc) is 2.39. The molecule has 5 nitrogen and oxygen atoms in total. The van der Waals surface area contributed by atoms with E-state index >= 15 is 0 Å². The Bertz CT molecular complexity index is 422. The minimum absolute atomic E-state index is 0.466. The number of carboxylic acids is 1. The number of benzene rings is 1. The first-order valence-electron chi connectivity index (χ1n) is 6.20. The van der Waals surface area contributed by atoms with Crippen molar-refractivity contribution >= 4 is 5.97 Å². The van der Waals surface area contributed by atoms with Crippen molar-refractivity contribution in [2.45, 2.75) is 11.7 Å². The minimum atomic E-state index is -0.807. The Hall–Kier alpha value is -1.43. The van der Waals surface area contributed by atoms with Crippen LogP contribution < -0.4 is 0 Å². The van der Waals surface area contributed by atoms with E-state index in [2.05, 4.69) is 0 Å². The third kappa shape index (κ3) is 2.94. The highest BCUT2D eigenvalue weighted by Gasteiger charge is 2.44. The van der Waals surface area contributed by atoms with Gasteiger partial charge in [0.2, 0.25) is 0 Å². The van der Waals surface area contributed by atoms with E-state index in [1.165, 1.54) is 0 Å². The van der Waals surface area contributed by atoms with Crippen LogP contribution >= 0.6 is 0 Å². The molecule has 1 heterocycles. The molecule has 0 radical (unpaired) electrons. The summed E-state index contributed by atoms with van der Waals surface area (Å²) in [5.74, 6) is -1.90. The second kappa shape index (κ2) is 5.69. The van der Waals surface area contributed by atoms with Crippen LogP contribution in [-0.2, 0) is 14.3 Å². The maximum absolute atomic E-state index is 11.4. The number of hydrogen-bond acceptors (Lipinski definition) is 4. The third-order valence-corrected chi connectivity index (χ3v) is 3.61. The van der Waals surface area contributed by atoms with E-state index in [1.54, 1.807) is 14.2 Å². The normalized spacial score (nSPS) is 19.7. The lowest BCUT2D eigenvalue weighted by atomic mass is 9.96. The number of aliphatic carboxylic acids is 1. The molecule has 5 heteroatoms. The van der Waals surface area contributed by atoms with Crippen LogP contribution in [0.1, 0.15) is 11.5 Å². The first-order valence-corrected chi connectivity index (χ1v) is 6.20. The molecule has 0 amide bonds. The lowest BCUT2D eigenvalue weighted by Crippen LogP contribution is -2.64. The molecule has 1 atom stereocenters. The standard InChI is InChI=1S/C14H19NO4/c1-18-14(19-2)9-15(10-14)8-12(13(16)17)11-6-4-3-5-7-11/h3-7,12H,8-10H2,1-2H3,(H,16,17). The number of hydrogen-bond donors (Lipinski definition) is 1. The van der Waals surface area contributed by atoms with Crippen LogP contribution in [0.2, 0.25) is 0 Å². The van der Waals surface area contributed by atoms with Gasteiger partial charge in [-0.3, -0.25) is 9.69 Å². The third-order valence-electron chi connectivity index (χ3n) is 3.61. The molecule has 0 aliphatic carbocycles. The van der Waals surface area contributed by atoms with Crippen LogP contribution in [0.4, 0.5) is 0 Å². The van der Waals surface area contributed by atoms with Crippen LogP contribution in [0.15, 0.2) is 30.3 Å². The van der Waals surface area contributed by atoms with Crippen molar-refractivity contribution in [1.82, 2.24) is 4.90 Å². The zero-order chi connectivity index (χ0) is 13.9. The molecular formula is C14H19NO4. The van der Waals surface area contributed by atoms with E-state index in [9.17, 15) is 9.90 Å². The molecule has 19 heavy (non-hydrogen) atoms. The summed E-state index contributed by atoms with van der Waals surface area (Å²) >= 11 is 0. The molecule has 0 aromatic heterocycles. The van der Waals surface area contributed by atoms with Gasteiger partial charge in [0.05, 0.1) is 19.0 Å². The molecule has 1 aliphatic heterocycles. The SMILES string of the molecule is COC1(OC)CN(CC(C(=O)O)c2ccccc2)C1. The van der Waals surface area contributed by atoms with Crippen molar-refractivity contribution in [3.8, 4) is 0 Å². The van der Waals surface area contributed by atoms with E-state index in [0.29, 0.717) is 19.6 Å². The smallest absolute Gasteiger partial charge is 0.312 e. The topological polar surface area (TPSA) is 59.0 Å². The molecule has 2 rings (SSSR count). The molecule has 0 saturated carbocycles. The van der Waals surface area contributed by atoms with Gasteiger partial charge in [-0.1, -0.05) is 30.3 Å². The van der Waals surface area contributed by atoms with Gasteiger partial charge in [0.25, 0.3) is 0 Å². The highest BCUT2D eigenvalue weighted by atomic mass is 16.7. The van der Waals surface area contributed by atoms with Crippen molar-refractivity contribution in [3.05, 3.63) is 35.9 Å². The summed E-state index contributed by atoms with van der Waals surface area (Å²) in [4.78, 5) is 13.4. The summed E-state index contributed by atoms with van der Waals surface area (Å²) in [6.07, 6.45) is 0. The van der Waals surface area contributed by atoms with Crippen LogP contribution in [0.5, 0.6) is 0 Å². The number of methoxy groups -OCH3 is 2. The van der Waals surface area contributed by atoms with Crippen LogP contribution in [0.3, 0.4) is 0 Å². The van der Waals surface area contributed by atoms with E-state index in [0.717, 1.165) is 5.56 Å². The van der Waals surface area contributed by atoms with Crippen LogP contribution in [0.25, 0.3) is 0 Å². The molecule has 1 unspecified atom stereocenters.